The molecule has 116 valence electrons. The second-order valence-corrected chi connectivity index (χ2v) is 4.37. The number of hydrogen-bond acceptors (Lipinski definition) is 5. The maximum absolute atomic E-state index is 5.46. The van der Waals surface area contributed by atoms with E-state index in [1.807, 2.05) is 0 Å². The van der Waals surface area contributed by atoms with E-state index < -0.39 is 0 Å². The smallest absolute Gasteiger partial charge is 0.0487 e. The van der Waals surface area contributed by atoms with Crippen molar-refractivity contribution in [3.63, 3.8) is 0 Å². The summed E-state index contributed by atoms with van der Waals surface area (Å²) in [6.45, 7) is 6.81. The summed E-state index contributed by atoms with van der Waals surface area (Å²) in [4.78, 5) is 0. The second kappa shape index (κ2) is 17.8. The van der Waals surface area contributed by atoms with Gasteiger partial charge in [0.25, 0.3) is 0 Å². The largest absolute Gasteiger partial charge is 0.385 e. The third-order valence-corrected chi connectivity index (χ3v) is 2.56. The summed E-state index contributed by atoms with van der Waals surface area (Å²) in [6.07, 6.45) is 4.07. The van der Waals surface area contributed by atoms with E-state index in [1.54, 1.807) is 14.2 Å². The molecule has 1 N–H and O–H groups in total. The molecule has 0 rings (SSSR count). The molecule has 0 atom stereocenters. The highest BCUT2D eigenvalue weighted by molar-refractivity contribution is 4.48. The zero-order valence-electron chi connectivity index (χ0n) is 12.6. The van der Waals surface area contributed by atoms with Crippen LogP contribution in [0.4, 0.5) is 0 Å². The molecule has 0 spiro atoms. The minimum Gasteiger partial charge on any atom is -0.385 e. The average Bonchev–Trinajstić information content (AvgIpc) is 2.43. The summed E-state index contributed by atoms with van der Waals surface area (Å²) < 4.78 is 20.8. The van der Waals surface area contributed by atoms with Crippen molar-refractivity contribution < 1.29 is 18.9 Å². The van der Waals surface area contributed by atoms with Crippen molar-refractivity contribution in [2.45, 2.75) is 25.7 Å². The molecule has 0 amide bonds. The fourth-order valence-electron chi connectivity index (χ4n) is 1.54. The van der Waals surface area contributed by atoms with Crippen LogP contribution in [0.25, 0.3) is 0 Å². The highest BCUT2D eigenvalue weighted by atomic mass is 16.5. The number of hydrogen-bond donors (Lipinski definition) is 1. The number of ether oxygens (including phenoxy) is 4. The molecule has 0 aliphatic rings. The lowest BCUT2D eigenvalue weighted by atomic mass is 10.4. The Balaban J connectivity index is 2.88. The van der Waals surface area contributed by atoms with Gasteiger partial charge in [-0.2, -0.15) is 0 Å². The normalized spacial score (nSPS) is 11.1. The van der Waals surface area contributed by atoms with Gasteiger partial charge in [-0.1, -0.05) is 0 Å². The van der Waals surface area contributed by atoms with Crippen LogP contribution < -0.4 is 5.32 Å². The lowest BCUT2D eigenvalue weighted by Gasteiger charge is -2.06. The third kappa shape index (κ3) is 17.8. The molecule has 0 bridgehead atoms. The minimum absolute atomic E-state index is 0.780. The van der Waals surface area contributed by atoms with Gasteiger partial charge >= 0.3 is 0 Å². The Labute approximate surface area is 117 Å². The molecule has 0 aliphatic carbocycles. The van der Waals surface area contributed by atoms with Crippen molar-refractivity contribution in [1.29, 1.82) is 0 Å². The molecule has 19 heavy (non-hydrogen) atoms. The topological polar surface area (TPSA) is 49.0 Å². The fraction of sp³-hybridized carbons (Fsp3) is 1.00. The van der Waals surface area contributed by atoms with Crippen LogP contribution in [0.3, 0.4) is 0 Å². The zero-order chi connectivity index (χ0) is 14.0. The molecule has 0 aromatic heterocycles. The first kappa shape index (κ1) is 18.8. The Bertz CT molecular complexity index is 142. The molecule has 0 heterocycles. The van der Waals surface area contributed by atoms with Gasteiger partial charge in [0.05, 0.1) is 0 Å². The van der Waals surface area contributed by atoms with Gasteiger partial charge in [0.15, 0.2) is 0 Å². The summed E-state index contributed by atoms with van der Waals surface area (Å²) in [6, 6.07) is 0. The first-order valence-electron chi connectivity index (χ1n) is 7.26. The van der Waals surface area contributed by atoms with Crippen LogP contribution in [-0.2, 0) is 18.9 Å². The van der Waals surface area contributed by atoms with Crippen molar-refractivity contribution in [2.24, 2.45) is 0 Å². The van der Waals surface area contributed by atoms with Gasteiger partial charge in [-0.05, 0) is 38.8 Å². The van der Waals surface area contributed by atoms with Crippen LogP contribution in [0.2, 0.25) is 0 Å². The van der Waals surface area contributed by atoms with E-state index in [2.05, 4.69) is 5.32 Å². The van der Waals surface area contributed by atoms with E-state index in [1.165, 1.54) is 0 Å². The van der Waals surface area contributed by atoms with Gasteiger partial charge in [-0.3, -0.25) is 0 Å². The van der Waals surface area contributed by atoms with E-state index in [9.17, 15) is 0 Å². The summed E-state index contributed by atoms with van der Waals surface area (Å²) in [5.74, 6) is 0. The fourth-order valence-corrected chi connectivity index (χ4v) is 1.54. The Hall–Kier alpha value is -0.200. The quantitative estimate of drug-likeness (QED) is 0.433. The van der Waals surface area contributed by atoms with Gasteiger partial charge in [-0.25, -0.2) is 0 Å². The summed E-state index contributed by atoms with van der Waals surface area (Å²) in [5.41, 5.74) is 0. The van der Waals surface area contributed by atoms with E-state index in [4.69, 9.17) is 18.9 Å². The monoisotopic (exact) mass is 277 g/mol. The third-order valence-electron chi connectivity index (χ3n) is 2.56. The molecule has 0 saturated carbocycles. The van der Waals surface area contributed by atoms with Crippen molar-refractivity contribution in [3.8, 4) is 0 Å². The standard InChI is InChI=1S/C14H31NO4/c1-16-9-5-13-18-11-3-7-15-8-4-12-19-14-6-10-17-2/h15H,3-14H2,1-2H3. The van der Waals surface area contributed by atoms with Crippen LogP contribution in [0, 0.1) is 0 Å². The minimum atomic E-state index is 0.780. The van der Waals surface area contributed by atoms with E-state index in [0.717, 1.165) is 78.4 Å². The highest BCUT2D eigenvalue weighted by Gasteiger charge is 1.92. The summed E-state index contributed by atoms with van der Waals surface area (Å²) >= 11 is 0. The lowest BCUT2D eigenvalue weighted by molar-refractivity contribution is 0.0985. The molecular weight excluding hydrogens is 246 g/mol. The zero-order valence-corrected chi connectivity index (χ0v) is 12.6. The molecule has 0 fully saturated rings. The van der Waals surface area contributed by atoms with Crippen LogP contribution in [0.15, 0.2) is 0 Å². The van der Waals surface area contributed by atoms with Gasteiger partial charge in [-0.15, -0.1) is 0 Å². The van der Waals surface area contributed by atoms with Crippen molar-refractivity contribution >= 4 is 0 Å². The molecule has 0 saturated heterocycles. The first-order chi connectivity index (χ1) is 9.41. The predicted molar refractivity (Wildman–Crippen MR) is 76.7 cm³/mol. The number of rotatable bonds is 16. The van der Waals surface area contributed by atoms with E-state index in [0.29, 0.717) is 0 Å². The van der Waals surface area contributed by atoms with Crippen molar-refractivity contribution in [1.82, 2.24) is 5.32 Å². The SMILES string of the molecule is COCCCOCCCNCCCOCCCOC. The summed E-state index contributed by atoms with van der Waals surface area (Å²) in [7, 11) is 3.43. The van der Waals surface area contributed by atoms with Crippen LogP contribution in [0.1, 0.15) is 25.7 Å². The van der Waals surface area contributed by atoms with Gasteiger partial charge < -0.3 is 24.3 Å². The molecule has 5 heteroatoms. The average molecular weight is 277 g/mol. The molecule has 5 nitrogen and oxygen atoms in total. The molecule has 0 aromatic rings. The van der Waals surface area contributed by atoms with Crippen molar-refractivity contribution in [3.05, 3.63) is 0 Å². The van der Waals surface area contributed by atoms with E-state index in [-0.39, 0.29) is 0 Å². The van der Waals surface area contributed by atoms with Crippen LogP contribution in [0.5, 0.6) is 0 Å². The van der Waals surface area contributed by atoms with Crippen LogP contribution >= 0.6 is 0 Å². The molecule has 0 unspecified atom stereocenters. The number of nitrogens with one attached hydrogen (secondary N) is 1. The van der Waals surface area contributed by atoms with Crippen LogP contribution in [-0.4, -0.2) is 67.0 Å². The predicted octanol–water partition coefficient (Wildman–Crippen LogP) is 1.46. The number of methoxy groups -OCH3 is 2. The lowest BCUT2D eigenvalue weighted by Crippen LogP contribution is -2.19. The molecule has 0 aliphatic heterocycles. The highest BCUT2D eigenvalue weighted by Crippen LogP contribution is 1.88. The van der Waals surface area contributed by atoms with Gasteiger partial charge in [0.1, 0.15) is 0 Å². The molecule has 0 aromatic carbocycles. The Morgan fingerprint density at radius 2 is 1.00 bits per heavy atom. The Kier molecular flexibility index (Phi) is 17.6. The maximum Gasteiger partial charge on any atom is 0.0487 e. The van der Waals surface area contributed by atoms with Gasteiger partial charge in [0.2, 0.25) is 0 Å². The Morgan fingerprint density at radius 1 is 0.579 bits per heavy atom. The van der Waals surface area contributed by atoms with Gasteiger partial charge in [0, 0.05) is 53.9 Å². The second-order valence-electron chi connectivity index (χ2n) is 4.37. The first-order valence-corrected chi connectivity index (χ1v) is 7.26. The Morgan fingerprint density at radius 3 is 1.42 bits per heavy atom. The van der Waals surface area contributed by atoms with E-state index >= 15 is 0 Å². The molecular formula is C14H31NO4. The van der Waals surface area contributed by atoms with Crippen molar-refractivity contribution in [2.75, 3.05) is 67.0 Å². The summed E-state index contributed by atoms with van der Waals surface area (Å²) in [5, 5.41) is 3.38. The molecule has 0 radical (unpaired) electrons. The maximum atomic E-state index is 5.46.